The van der Waals surface area contributed by atoms with Gasteiger partial charge in [-0.15, -0.1) is 0 Å². The molecule has 0 spiro atoms. The lowest BCUT2D eigenvalue weighted by molar-refractivity contribution is 0.0929. The van der Waals surface area contributed by atoms with Crippen LogP contribution < -0.4 is 14.9 Å². The van der Waals surface area contributed by atoms with Crippen molar-refractivity contribution >= 4 is 34.7 Å². The van der Waals surface area contributed by atoms with Gasteiger partial charge in [0.25, 0.3) is 0 Å². The van der Waals surface area contributed by atoms with Gasteiger partial charge in [-0.3, -0.25) is 4.79 Å². The molecule has 6 nitrogen and oxygen atoms in total. The molecular formula is C19H17ClN2O4. The van der Waals surface area contributed by atoms with Crippen LogP contribution in [0.25, 0.3) is 11.0 Å². The van der Waals surface area contributed by atoms with Crippen molar-refractivity contribution < 1.29 is 18.7 Å². The summed E-state index contributed by atoms with van der Waals surface area (Å²) < 4.78 is 16.2. The Balaban J connectivity index is 1.71. The summed E-state index contributed by atoms with van der Waals surface area (Å²) in [4.78, 5) is 12.2. The van der Waals surface area contributed by atoms with E-state index in [4.69, 9.17) is 25.5 Å². The Labute approximate surface area is 155 Å². The van der Waals surface area contributed by atoms with Crippen LogP contribution in [-0.4, -0.2) is 25.8 Å². The first-order valence-corrected chi connectivity index (χ1v) is 8.32. The SMILES string of the molecule is CCOc1cc(C=NNC(=O)c2cc3cc(Cl)ccc3o2)ccc1OC. The molecule has 0 aliphatic rings. The van der Waals surface area contributed by atoms with E-state index in [9.17, 15) is 4.79 Å². The van der Waals surface area contributed by atoms with Gasteiger partial charge in [0, 0.05) is 10.4 Å². The molecule has 134 valence electrons. The number of nitrogens with one attached hydrogen (secondary N) is 1. The molecule has 3 rings (SSSR count). The number of benzene rings is 2. The monoisotopic (exact) mass is 372 g/mol. The summed E-state index contributed by atoms with van der Waals surface area (Å²) in [6.07, 6.45) is 1.51. The number of rotatable bonds is 6. The second-order valence-electron chi connectivity index (χ2n) is 5.34. The summed E-state index contributed by atoms with van der Waals surface area (Å²) in [5, 5.41) is 5.29. The van der Waals surface area contributed by atoms with E-state index in [2.05, 4.69) is 10.5 Å². The van der Waals surface area contributed by atoms with E-state index < -0.39 is 5.91 Å². The van der Waals surface area contributed by atoms with Crippen molar-refractivity contribution in [2.45, 2.75) is 6.92 Å². The van der Waals surface area contributed by atoms with E-state index in [0.717, 1.165) is 10.9 Å². The van der Waals surface area contributed by atoms with Gasteiger partial charge < -0.3 is 13.9 Å². The highest BCUT2D eigenvalue weighted by atomic mass is 35.5. The average molecular weight is 373 g/mol. The molecular weight excluding hydrogens is 356 g/mol. The molecule has 2 aromatic carbocycles. The number of amides is 1. The summed E-state index contributed by atoms with van der Waals surface area (Å²) >= 11 is 5.93. The summed E-state index contributed by atoms with van der Waals surface area (Å²) in [6.45, 7) is 2.41. The van der Waals surface area contributed by atoms with Crippen molar-refractivity contribution in [3.05, 3.63) is 58.8 Å². The maximum atomic E-state index is 12.2. The van der Waals surface area contributed by atoms with E-state index >= 15 is 0 Å². The second kappa shape index (κ2) is 7.93. The van der Waals surface area contributed by atoms with E-state index in [1.54, 1.807) is 49.6 Å². The van der Waals surface area contributed by atoms with Crippen LogP contribution in [0.3, 0.4) is 0 Å². The van der Waals surface area contributed by atoms with Crippen molar-refractivity contribution in [2.24, 2.45) is 5.10 Å². The highest BCUT2D eigenvalue weighted by Gasteiger charge is 2.12. The fourth-order valence-corrected chi connectivity index (χ4v) is 2.57. The first-order chi connectivity index (χ1) is 12.6. The lowest BCUT2D eigenvalue weighted by Crippen LogP contribution is -2.16. The van der Waals surface area contributed by atoms with Gasteiger partial charge in [0.05, 0.1) is 19.9 Å². The van der Waals surface area contributed by atoms with Gasteiger partial charge in [-0.25, -0.2) is 5.43 Å². The largest absolute Gasteiger partial charge is 0.493 e. The number of furan rings is 1. The molecule has 0 saturated carbocycles. The van der Waals surface area contributed by atoms with Crippen LogP contribution >= 0.6 is 11.6 Å². The minimum Gasteiger partial charge on any atom is -0.493 e. The number of nitrogens with zero attached hydrogens (tertiary/aromatic N) is 1. The Bertz CT molecular complexity index is 965. The third kappa shape index (κ3) is 3.97. The maximum Gasteiger partial charge on any atom is 0.307 e. The Morgan fingerprint density at radius 2 is 2.08 bits per heavy atom. The number of carbonyl (C=O) groups excluding carboxylic acids is 1. The quantitative estimate of drug-likeness (QED) is 0.518. The van der Waals surface area contributed by atoms with Crippen molar-refractivity contribution in [1.82, 2.24) is 5.43 Å². The second-order valence-corrected chi connectivity index (χ2v) is 5.77. The molecule has 1 aromatic heterocycles. The van der Waals surface area contributed by atoms with Crippen LogP contribution in [-0.2, 0) is 0 Å². The molecule has 0 aliphatic heterocycles. The van der Waals surface area contributed by atoms with Crippen molar-refractivity contribution in [3.8, 4) is 11.5 Å². The summed E-state index contributed by atoms with van der Waals surface area (Å²) in [7, 11) is 1.58. The van der Waals surface area contributed by atoms with Crippen LogP contribution in [0.4, 0.5) is 0 Å². The predicted molar refractivity (Wildman–Crippen MR) is 100 cm³/mol. The lowest BCUT2D eigenvalue weighted by atomic mass is 10.2. The summed E-state index contributed by atoms with van der Waals surface area (Å²) in [5.74, 6) is 0.949. The smallest absolute Gasteiger partial charge is 0.307 e. The number of halogens is 1. The minimum atomic E-state index is -0.452. The van der Waals surface area contributed by atoms with E-state index in [-0.39, 0.29) is 5.76 Å². The fraction of sp³-hybridized carbons (Fsp3) is 0.158. The van der Waals surface area contributed by atoms with Gasteiger partial charge in [-0.2, -0.15) is 5.10 Å². The number of methoxy groups -OCH3 is 1. The van der Waals surface area contributed by atoms with Crippen molar-refractivity contribution in [3.63, 3.8) is 0 Å². The molecule has 3 aromatic rings. The van der Waals surface area contributed by atoms with Gasteiger partial charge in [0.15, 0.2) is 17.3 Å². The first kappa shape index (κ1) is 17.8. The summed E-state index contributed by atoms with van der Waals surface area (Å²) in [6, 6.07) is 12.1. The third-order valence-electron chi connectivity index (χ3n) is 3.57. The Kier molecular flexibility index (Phi) is 5.43. The molecule has 0 fully saturated rings. The molecule has 0 unspecified atom stereocenters. The topological polar surface area (TPSA) is 73.1 Å². The molecule has 0 atom stereocenters. The van der Waals surface area contributed by atoms with Crippen LogP contribution in [0.15, 0.2) is 52.0 Å². The molecule has 26 heavy (non-hydrogen) atoms. The van der Waals surface area contributed by atoms with Gasteiger partial charge in [-0.05, 0) is 55.0 Å². The molecule has 1 N–H and O–H groups in total. The van der Waals surface area contributed by atoms with Gasteiger partial charge in [-0.1, -0.05) is 11.6 Å². The van der Waals surface area contributed by atoms with Crippen molar-refractivity contribution in [1.29, 1.82) is 0 Å². The molecule has 0 radical (unpaired) electrons. The van der Waals surface area contributed by atoms with E-state index in [0.29, 0.717) is 28.7 Å². The molecule has 0 saturated heterocycles. The van der Waals surface area contributed by atoms with E-state index in [1.807, 2.05) is 6.92 Å². The zero-order chi connectivity index (χ0) is 18.5. The van der Waals surface area contributed by atoms with Crippen LogP contribution in [0.1, 0.15) is 23.0 Å². The normalized spacial score (nSPS) is 11.0. The van der Waals surface area contributed by atoms with Crippen LogP contribution in [0.5, 0.6) is 11.5 Å². The number of carbonyl (C=O) groups is 1. The first-order valence-electron chi connectivity index (χ1n) is 7.94. The Hall–Kier alpha value is -2.99. The van der Waals surface area contributed by atoms with Gasteiger partial charge >= 0.3 is 5.91 Å². The van der Waals surface area contributed by atoms with Gasteiger partial charge in [0.1, 0.15) is 5.58 Å². The number of ether oxygens (including phenoxy) is 2. The number of hydrogen-bond acceptors (Lipinski definition) is 5. The highest BCUT2D eigenvalue weighted by molar-refractivity contribution is 6.31. The van der Waals surface area contributed by atoms with Crippen molar-refractivity contribution in [2.75, 3.05) is 13.7 Å². The average Bonchev–Trinajstić information content (AvgIpc) is 3.05. The lowest BCUT2D eigenvalue weighted by Gasteiger charge is -2.09. The molecule has 0 bridgehead atoms. The molecule has 7 heteroatoms. The minimum absolute atomic E-state index is 0.157. The highest BCUT2D eigenvalue weighted by Crippen LogP contribution is 2.27. The fourth-order valence-electron chi connectivity index (χ4n) is 2.39. The Morgan fingerprint density at radius 1 is 1.23 bits per heavy atom. The van der Waals surface area contributed by atoms with Crippen LogP contribution in [0, 0.1) is 0 Å². The Morgan fingerprint density at radius 3 is 2.85 bits per heavy atom. The number of hydrogen-bond donors (Lipinski definition) is 1. The zero-order valence-electron chi connectivity index (χ0n) is 14.3. The zero-order valence-corrected chi connectivity index (χ0v) is 15.0. The summed E-state index contributed by atoms with van der Waals surface area (Å²) in [5.41, 5.74) is 3.77. The number of fused-ring (bicyclic) bond motifs is 1. The molecule has 1 amide bonds. The van der Waals surface area contributed by atoms with E-state index in [1.165, 1.54) is 6.21 Å². The maximum absolute atomic E-state index is 12.2. The van der Waals surface area contributed by atoms with Gasteiger partial charge in [0.2, 0.25) is 0 Å². The molecule has 1 heterocycles. The third-order valence-corrected chi connectivity index (χ3v) is 3.80. The number of hydrazone groups is 1. The molecule has 0 aliphatic carbocycles. The predicted octanol–water partition coefficient (Wildman–Crippen LogP) is 4.26. The standard InChI is InChI=1S/C19H17ClN2O4/c1-3-25-17-8-12(4-6-16(17)24-2)11-21-22-19(23)18-10-13-9-14(20)5-7-15(13)26-18/h4-11H,3H2,1-2H3,(H,22,23). The van der Waals surface area contributed by atoms with Crippen LogP contribution in [0.2, 0.25) is 5.02 Å².